The van der Waals surface area contributed by atoms with E-state index in [0.29, 0.717) is 11.1 Å². The number of aliphatic carboxylic acids is 1. The zero-order valence-corrected chi connectivity index (χ0v) is 13.8. The maximum atomic E-state index is 12.2. The second-order valence-corrected chi connectivity index (χ2v) is 5.25. The van der Waals surface area contributed by atoms with Gasteiger partial charge in [-0.25, -0.2) is 4.79 Å². The SMILES string of the molecule is NN/C(C(=O)O)=C(\N)OCc1ccc(-c2ccc(OC(F)(F)F)cc2)cc1. The number of alkyl halides is 3. The van der Waals surface area contributed by atoms with E-state index < -0.39 is 18.0 Å². The molecular formula is C17H16F3N3O4. The molecule has 0 amide bonds. The molecule has 10 heteroatoms. The largest absolute Gasteiger partial charge is 0.573 e. The Hall–Kier alpha value is -3.40. The van der Waals surface area contributed by atoms with Crippen LogP contribution in [0.4, 0.5) is 13.2 Å². The molecule has 0 fully saturated rings. The zero-order valence-electron chi connectivity index (χ0n) is 13.8. The van der Waals surface area contributed by atoms with Crippen LogP contribution in [0.3, 0.4) is 0 Å². The molecule has 0 bridgehead atoms. The molecule has 2 rings (SSSR count). The van der Waals surface area contributed by atoms with Crippen molar-refractivity contribution >= 4 is 5.97 Å². The molecule has 27 heavy (non-hydrogen) atoms. The van der Waals surface area contributed by atoms with Crippen molar-refractivity contribution < 1.29 is 32.5 Å². The summed E-state index contributed by atoms with van der Waals surface area (Å²) in [6, 6.07) is 12.3. The van der Waals surface area contributed by atoms with Crippen LogP contribution in [-0.2, 0) is 16.1 Å². The van der Waals surface area contributed by atoms with Gasteiger partial charge in [-0.05, 0) is 28.8 Å². The number of nitrogens with two attached hydrogens (primary N) is 2. The summed E-state index contributed by atoms with van der Waals surface area (Å²) in [6.07, 6.45) is -4.74. The lowest BCUT2D eigenvalue weighted by Gasteiger charge is -2.11. The Morgan fingerprint density at radius 3 is 2.00 bits per heavy atom. The van der Waals surface area contributed by atoms with Crippen molar-refractivity contribution in [3.05, 3.63) is 65.7 Å². The first kappa shape index (κ1) is 19.9. The van der Waals surface area contributed by atoms with Crippen molar-refractivity contribution in [1.82, 2.24) is 5.43 Å². The molecule has 0 aliphatic heterocycles. The molecule has 0 aromatic heterocycles. The molecule has 2 aromatic rings. The normalized spacial score (nSPS) is 12.1. The molecule has 0 radical (unpaired) electrons. The summed E-state index contributed by atoms with van der Waals surface area (Å²) < 4.78 is 45.5. The van der Waals surface area contributed by atoms with Crippen LogP contribution >= 0.6 is 0 Å². The van der Waals surface area contributed by atoms with Crippen LogP contribution in [0.5, 0.6) is 5.75 Å². The summed E-state index contributed by atoms with van der Waals surface area (Å²) in [5, 5.41) is 8.85. The molecule has 2 aromatic carbocycles. The number of nitrogens with one attached hydrogen (secondary N) is 1. The summed E-state index contributed by atoms with van der Waals surface area (Å²) in [4.78, 5) is 10.9. The average molecular weight is 383 g/mol. The lowest BCUT2D eigenvalue weighted by atomic mass is 10.0. The fourth-order valence-electron chi connectivity index (χ4n) is 2.11. The van der Waals surface area contributed by atoms with E-state index in [0.717, 1.165) is 5.56 Å². The third kappa shape index (κ3) is 5.82. The van der Waals surface area contributed by atoms with Gasteiger partial charge in [-0.15, -0.1) is 13.2 Å². The Kier molecular flexibility index (Phi) is 6.14. The maximum Gasteiger partial charge on any atom is 0.573 e. The van der Waals surface area contributed by atoms with E-state index in [1.165, 1.54) is 24.3 Å². The zero-order chi connectivity index (χ0) is 20.0. The van der Waals surface area contributed by atoms with Gasteiger partial charge in [0, 0.05) is 0 Å². The summed E-state index contributed by atoms with van der Waals surface area (Å²) in [5.74, 6) is 3.02. The van der Waals surface area contributed by atoms with Crippen molar-refractivity contribution in [2.45, 2.75) is 13.0 Å². The lowest BCUT2D eigenvalue weighted by Crippen LogP contribution is -2.30. The highest BCUT2D eigenvalue weighted by atomic mass is 19.4. The van der Waals surface area contributed by atoms with Crippen LogP contribution in [0.2, 0.25) is 0 Å². The van der Waals surface area contributed by atoms with Gasteiger partial charge in [0.05, 0.1) is 0 Å². The molecule has 0 heterocycles. The molecule has 7 nitrogen and oxygen atoms in total. The number of carboxylic acid groups (broad SMARTS) is 1. The summed E-state index contributed by atoms with van der Waals surface area (Å²) in [7, 11) is 0. The fraction of sp³-hybridized carbons (Fsp3) is 0.118. The number of benzene rings is 2. The van der Waals surface area contributed by atoms with Crippen LogP contribution in [0.1, 0.15) is 5.56 Å². The molecule has 0 aliphatic carbocycles. The predicted molar refractivity (Wildman–Crippen MR) is 89.5 cm³/mol. The second kappa shape index (κ2) is 8.32. The van der Waals surface area contributed by atoms with Crippen molar-refractivity contribution in [2.24, 2.45) is 11.6 Å². The minimum atomic E-state index is -4.74. The monoisotopic (exact) mass is 383 g/mol. The number of halogens is 3. The molecule has 144 valence electrons. The van der Waals surface area contributed by atoms with Gasteiger partial charge in [-0.2, -0.15) is 0 Å². The first-order chi connectivity index (χ1) is 12.7. The van der Waals surface area contributed by atoms with Gasteiger partial charge >= 0.3 is 12.3 Å². The smallest absolute Gasteiger partial charge is 0.476 e. The molecule has 6 N–H and O–H groups in total. The Balaban J connectivity index is 2.04. The van der Waals surface area contributed by atoms with E-state index in [1.54, 1.807) is 24.3 Å². The number of hydrogen-bond donors (Lipinski definition) is 4. The van der Waals surface area contributed by atoms with Crippen molar-refractivity contribution in [3.8, 4) is 16.9 Å². The van der Waals surface area contributed by atoms with Gasteiger partial charge in [0.2, 0.25) is 5.88 Å². The Bertz CT molecular complexity index is 819. The molecule has 0 aliphatic rings. The molecule has 0 unspecified atom stereocenters. The molecular weight excluding hydrogens is 367 g/mol. The van der Waals surface area contributed by atoms with E-state index in [9.17, 15) is 18.0 Å². The maximum absolute atomic E-state index is 12.2. The Morgan fingerprint density at radius 1 is 1.04 bits per heavy atom. The van der Waals surface area contributed by atoms with Crippen LogP contribution in [-0.4, -0.2) is 17.4 Å². The van der Waals surface area contributed by atoms with Crippen LogP contribution in [0.25, 0.3) is 11.1 Å². The third-order valence-corrected chi connectivity index (χ3v) is 3.37. The molecule has 0 spiro atoms. The number of carboxylic acids is 1. The number of ether oxygens (including phenoxy) is 2. The highest BCUT2D eigenvalue weighted by Crippen LogP contribution is 2.26. The Labute approximate surface area is 152 Å². The van der Waals surface area contributed by atoms with E-state index in [1.807, 2.05) is 5.43 Å². The first-order valence-corrected chi connectivity index (χ1v) is 7.47. The average Bonchev–Trinajstić information content (AvgIpc) is 2.60. The quantitative estimate of drug-likeness (QED) is 0.251. The predicted octanol–water partition coefficient (Wildman–Crippen LogP) is 2.44. The Morgan fingerprint density at radius 2 is 1.56 bits per heavy atom. The van der Waals surface area contributed by atoms with E-state index in [2.05, 4.69) is 4.74 Å². The fourth-order valence-corrected chi connectivity index (χ4v) is 2.11. The van der Waals surface area contributed by atoms with Gasteiger partial charge in [-0.3, -0.25) is 5.84 Å². The number of rotatable bonds is 7. The summed E-state index contributed by atoms with van der Waals surface area (Å²) in [6.45, 7) is 0.00291. The van der Waals surface area contributed by atoms with E-state index >= 15 is 0 Å². The van der Waals surface area contributed by atoms with E-state index in [4.69, 9.17) is 21.4 Å². The summed E-state index contributed by atoms with van der Waals surface area (Å²) >= 11 is 0. The van der Waals surface area contributed by atoms with Crippen LogP contribution in [0.15, 0.2) is 60.1 Å². The van der Waals surface area contributed by atoms with Crippen molar-refractivity contribution in [1.29, 1.82) is 0 Å². The van der Waals surface area contributed by atoms with Crippen LogP contribution in [0, 0.1) is 0 Å². The number of hydrazine groups is 1. The topological polar surface area (TPSA) is 120 Å². The van der Waals surface area contributed by atoms with Gasteiger partial charge in [-0.1, -0.05) is 36.4 Å². The van der Waals surface area contributed by atoms with Gasteiger partial charge in [0.25, 0.3) is 0 Å². The lowest BCUT2D eigenvalue weighted by molar-refractivity contribution is -0.274. The number of hydrogen-bond acceptors (Lipinski definition) is 6. The third-order valence-electron chi connectivity index (χ3n) is 3.37. The molecule has 0 saturated carbocycles. The van der Waals surface area contributed by atoms with Gasteiger partial charge in [0.15, 0.2) is 5.70 Å². The van der Waals surface area contributed by atoms with Crippen molar-refractivity contribution in [2.75, 3.05) is 0 Å². The van der Waals surface area contributed by atoms with Gasteiger partial charge in [0.1, 0.15) is 12.4 Å². The minimum absolute atomic E-state index is 0.00291. The molecule has 0 saturated heterocycles. The second-order valence-electron chi connectivity index (χ2n) is 5.25. The first-order valence-electron chi connectivity index (χ1n) is 7.47. The van der Waals surface area contributed by atoms with Gasteiger partial charge < -0.3 is 25.7 Å². The molecule has 0 atom stereocenters. The highest BCUT2D eigenvalue weighted by Gasteiger charge is 2.30. The highest BCUT2D eigenvalue weighted by molar-refractivity contribution is 5.86. The minimum Gasteiger partial charge on any atom is -0.476 e. The van der Waals surface area contributed by atoms with Crippen molar-refractivity contribution in [3.63, 3.8) is 0 Å². The van der Waals surface area contributed by atoms with Crippen LogP contribution < -0.4 is 21.7 Å². The number of carbonyl (C=O) groups is 1. The summed E-state index contributed by atoms with van der Waals surface area (Å²) in [5.41, 5.74) is 9.12. The standard InChI is InChI=1S/C17H16F3N3O4/c18-17(19,20)27-13-7-5-12(6-8-13)11-3-1-10(2-4-11)9-26-15(21)14(23-22)16(24)25/h1-8,23H,9,21-22H2,(H,24,25)/b15-14+. The van der Waals surface area contributed by atoms with E-state index in [-0.39, 0.29) is 18.2 Å².